The van der Waals surface area contributed by atoms with Crippen LogP contribution in [0.15, 0.2) is 42.5 Å². The van der Waals surface area contributed by atoms with Crippen molar-refractivity contribution in [1.29, 1.82) is 0 Å². The highest BCUT2D eigenvalue weighted by Crippen LogP contribution is 2.19. The highest BCUT2D eigenvalue weighted by Gasteiger charge is 2.22. The summed E-state index contributed by atoms with van der Waals surface area (Å²) >= 11 is 0. The van der Waals surface area contributed by atoms with Crippen molar-refractivity contribution in [2.45, 2.75) is 12.5 Å². The first kappa shape index (κ1) is 17.3. The molecule has 1 atom stereocenters. The van der Waals surface area contributed by atoms with Gasteiger partial charge in [0.05, 0.1) is 5.69 Å². The molecule has 0 heterocycles. The van der Waals surface area contributed by atoms with E-state index in [-0.39, 0.29) is 6.42 Å². The summed E-state index contributed by atoms with van der Waals surface area (Å²) in [6, 6.07) is 7.70. The molecule has 0 aromatic heterocycles. The van der Waals surface area contributed by atoms with Gasteiger partial charge in [-0.1, -0.05) is 30.3 Å². The minimum Gasteiger partial charge on any atom is -0.480 e. The largest absolute Gasteiger partial charge is 0.480 e. The number of hydrogen-bond acceptors (Lipinski definition) is 2. The molecule has 2 aromatic rings. The maximum atomic E-state index is 13.5. The van der Waals surface area contributed by atoms with Crippen LogP contribution in [0.25, 0.3) is 0 Å². The smallest absolute Gasteiger partial charge is 0.326 e. The quantitative estimate of drug-likeness (QED) is 0.734. The number of benzene rings is 2. The zero-order valence-electron chi connectivity index (χ0n) is 12.2. The summed E-state index contributed by atoms with van der Waals surface area (Å²) in [5.74, 6) is -5.99. The summed E-state index contributed by atoms with van der Waals surface area (Å²) in [5, 5.41) is 13.3. The predicted molar refractivity (Wildman–Crippen MR) is 80.0 cm³/mol. The maximum absolute atomic E-state index is 13.5. The van der Waals surface area contributed by atoms with E-state index in [2.05, 4.69) is 5.32 Å². The summed E-state index contributed by atoms with van der Waals surface area (Å²) in [7, 11) is 0. The molecule has 5 nitrogen and oxygen atoms in total. The Hall–Kier alpha value is -3.03. The van der Waals surface area contributed by atoms with Crippen LogP contribution in [-0.2, 0) is 11.2 Å². The molecule has 2 aromatic carbocycles. The molecule has 0 saturated heterocycles. The number of carbonyl (C=O) groups excluding carboxylic acids is 1. The standard InChI is InChI=1S/C16H13F3N2O3/c17-10-6-7-11(14(19)13(10)18)20-16(24)21-12(15(22)23)8-9-4-2-1-3-5-9/h1-7,12H,8H2,(H,22,23)(H2,20,21,24)/t12-/m1/s1. The molecule has 0 aliphatic carbocycles. The lowest BCUT2D eigenvalue weighted by Crippen LogP contribution is -2.44. The zero-order valence-corrected chi connectivity index (χ0v) is 12.2. The molecule has 0 aliphatic rings. The number of urea groups is 1. The van der Waals surface area contributed by atoms with Gasteiger partial charge >= 0.3 is 12.0 Å². The second-order valence-electron chi connectivity index (χ2n) is 4.90. The van der Waals surface area contributed by atoms with E-state index >= 15 is 0 Å². The molecule has 0 unspecified atom stereocenters. The molecular weight excluding hydrogens is 325 g/mol. The van der Waals surface area contributed by atoms with Crippen LogP contribution in [0.2, 0.25) is 0 Å². The molecule has 8 heteroatoms. The van der Waals surface area contributed by atoms with Gasteiger partial charge in [0, 0.05) is 6.42 Å². The summed E-state index contributed by atoms with van der Waals surface area (Å²) in [6.07, 6.45) is 0.00382. The van der Waals surface area contributed by atoms with Gasteiger partial charge in [-0.15, -0.1) is 0 Å². The molecule has 0 radical (unpaired) electrons. The number of amides is 2. The average molecular weight is 338 g/mol. The van der Waals surface area contributed by atoms with E-state index in [0.29, 0.717) is 11.6 Å². The van der Waals surface area contributed by atoms with Gasteiger partial charge in [0.1, 0.15) is 6.04 Å². The number of carbonyl (C=O) groups is 2. The Kier molecular flexibility index (Phi) is 5.41. The van der Waals surface area contributed by atoms with Gasteiger partial charge in [-0.2, -0.15) is 0 Å². The molecule has 2 rings (SSSR count). The van der Waals surface area contributed by atoms with E-state index in [1.807, 2.05) is 5.32 Å². The second-order valence-corrected chi connectivity index (χ2v) is 4.90. The lowest BCUT2D eigenvalue weighted by atomic mass is 10.1. The molecule has 2 amide bonds. The number of aliphatic carboxylic acids is 1. The van der Waals surface area contributed by atoms with Gasteiger partial charge in [0.15, 0.2) is 17.5 Å². The number of nitrogens with one attached hydrogen (secondary N) is 2. The Morgan fingerprint density at radius 3 is 2.29 bits per heavy atom. The first-order valence-corrected chi connectivity index (χ1v) is 6.86. The van der Waals surface area contributed by atoms with Crippen LogP contribution in [0.4, 0.5) is 23.7 Å². The van der Waals surface area contributed by atoms with Crippen molar-refractivity contribution in [1.82, 2.24) is 5.32 Å². The van der Waals surface area contributed by atoms with Crippen molar-refractivity contribution < 1.29 is 27.9 Å². The number of carboxylic acid groups (broad SMARTS) is 1. The minimum absolute atomic E-state index is 0.00382. The monoisotopic (exact) mass is 338 g/mol. The van der Waals surface area contributed by atoms with E-state index < -0.39 is 41.2 Å². The topological polar surface area (TPSA) is 78.4 Å². The predicted octanol–water partition coefficient (Wildman–Crippen LogP) is 2.92. The minimum atomic E-state index is -1.73. The molecule has 24 heavy (non-hydrogen) atoms. The molecular formula is C16H13F3N2O3. The second kappa shape index (κ2) is 7.49. The van der Waals surface area contributed by atoms with E-state index in [9.17, 15) is 22.8 Å². The van der Waals surface area contributed by atoms with Crippen molar-refractivity contribution >= 4 is 17.7 Å². The van der Waals surface area contributed by atoms with Crippen molar-refractivity contribution in [2.24, 2.45) is 0 Å². The van der Waals surface area contributed by atoms with Crippen LogP contribution in [0, 0.1) is 17.5 Å². The molecule has 0 aliphatic heterocycles. The normalized spacial score (nSPS) is 11.6. The first-order chi connectivity index (χ1) is 11.4. The summed E-state index contributed by atoms with van der Waals surface area (Å²) in [6.45, 7) is 0. The number of rotatable bonds is 5. The van der Waals surface area contributed by atoms with Gasteiger partial charge in [-0.05, 0) is 17.7 Å². The highest BCUT2D eigenvalue weighted by molar-refractivity contribution is 5.92. The summed E-state index contributed by atoms with van der Waals surface area (Å²) < 4.78 is 39.4. The third-order valence-corrected chi connectivity index (χ3v) is 3.17. The van der Waals surface area contributed by atoms with Crippen molar-refractivity contribution in [3.05, 3.63) is 65.5 Å². The highest BCUT2D eigenvalue weighted by atomic mass is 19.2. The van der Waals surface area contributed by atoms with E-state index in [1.54, 1.807) is 30.3 Å². The first-order valence-electron chi connectivity index (χ1n) is 6.86. The van der Waals surface area contributed by atoms with Gasteiger partial charge in [-0.25, -0.2) is 22.8 Å². The van der Waals surface area contributed by atoms with Crippen LogP contribution in [-0.4, -0.2) is 23.1 Å². The lowest BCUT2D eigenvalue weighted by molar-refractivity contribution is -0.139. The van der Waals surface area contributed by atoms with Crippen LogP contribution < -0.4 is 10.6 Å². The Bertz CT molecular complexity index is 754. The van der Waals surface area contributed by atoms with Gasteiger partial charge in [-0.3, -0.25) is 0 Å². The molecule has 0 fully saturated rings. The maximum Gasteiger partial charge on any atom is 0.326 e. The molecule has 3 N–H and O–H groups in total. The molecule has 0 bridgehead atoms. The SMILES string of the molecule is O=C(Nc1ccc(F)c(F)c1F)N[C@H](Cc1ccccc1)C(=O)O. The van der Waals surface area contributed by atoms with Crippen molar-refractivity contribution in [3.63, 3.8) is 0 Å². The fraction of sp³-hybridized carbons (Fsp3) is 0.125. The third kappa shape index (κ3) is 4.25. The van der Waals surface area contributed by atoms with E-state index in [0.717, 1.165) is 6.07 Å². The summed E-state index contributed by atoms with van der Waals surface area (Å²) in [4.78, 5) is 23.0. The van der Waals surface area contributed by atoms with Crippen LogP contribution in [0.1, 0.15) is 5.56 Å². The average Bonchev–Trinajstić information content (AvgIpc) is 2.56. The van der Waals surface area contributed by atoms with Crippen molar-refractivity contribution in [2.75, 3.05) is 5.32 Å². The van der Waals surface area contributed by atoms with Gasteiger partial charge in [0.2, 0.25) is 0 Å². The Balaban J connectivity index is 2.06. The number of hydrogen-bond donors (Lipinski definition) is 3. The van der Waals surface area contributed by atoms with Gasteiger partial charge in [0.25, 0.3) is 0 Å². The van der Waals surface area contributed by atoms with Gasteiger partial charge < -0.3 is 15.7 Å². The fourth-order valence-electron chi connectivity index (χ4n) is 1.99. The Morgan fingerprint density at radius 1 is 1.00 bits per heavy atom. The van der Waals surface area contributed by atoms with Crippen LogP contribution >= 0.6 is 0 Å². The number of halogens is 3. The Morgan fingerprint density at radius 2 is 1.67 bits per heavy atom. The van der Waals surface area contributed by atoms with Crippen molar-refractivity contribution in [3.8, 4) is 0 Å². The fourth-order valence-corrected chi connectivity index (χ4v) is 1.99. The number of carboxylic acids is 1. The molecule has 126 valence electrons. The van der Waals surface area contributed by atoms with Crippen LogP contribution in [0.5, 0.6) is 0 Å². The summed E-state index contributed by atoms with van der Waals surface area (Å²) in [5.41, 5.74) is 0.0689. The molecule has 0 saturated carbocycles. The van der Waals surface area contributed by atoms with E-state index in [4.69, 9.17) is 5.11 Å². The zero-order chi connectivity index (χ0) is 17.7. The number of anilines is 1. The van der Waals surface area contributed by atoms with Crippen LogP contribution in [0.3, 0.4) is 0 Å². The Labute approximate surface area is 135 Å². The molecule has 0 spiro atoms. The third-order valence-electron chi connectivity index (χ3n) is 3.17. The van der Waals surface area contributed by atoms with E-state index in [1.165, 1.54) is 0 Å². The lowest BCUT2D eigenvalue weighted by Gasteiger charge is -2.15.